The SMILES string of the molecule is CN(CC1(CO)CC1)c1cccc(F)c1. The van der Waals surface area contributed by atoms with Crippen LogP contribution in [0.1, 0.15) is 12.8 Å². The minimum Gasteiger partial charge on any atom is -0.396 e. The maximum Gasteiger partial charge on any atom is 0.125 e. The first-order valence-corrected chi connectivity index (χ1v) is 5.23. The molecule has 3 heteroatoms. The van der Waals surface area contributed by atoms with E-state index in [-0.39, 0.29) is 17.8 Å². The van der Waals surface area contributed by atoms with Gasteiger partial charge in [-0.05, 0) is 31.0 Å². The third-order valence-electron chi connectivity index (χ3n) is 3.11. The Labute approximate surface area is 89.3 Å². The van der Waals surface area contributed by atoms with Gasteiger partial charge in [-0.15, -0.1) is 0 Å². The van der Waals surface area contributed by atoms with E-state index in [9.17, 15) is 9.50 Å². The van der Waals surface area contributed by atoms with Crippen LogP contribution in [0.25, 0.3) is 0 Å². The molecule has 2 nitrogen and oxygen atoms in total. The third kappa shape index (κ3) is 2.29. The van der Waals surface area contributed by atoms with E-state index >= 15 is 0 Å². The highest BCUT2D eigenvalue weighted by atomic mass is 19.1. The summed E-state index contributed by atoms with van der Waals surface area (Å²) >= 11 is 0. The molecule has 0 unspecified atom stereocenters. The van der Waals surface area contributed by atoms with Gasteiger partial charge in [-0.2, -0.15) is 0 Å². The largest absolute Gasteiger partial charge is 0.396 e. The summed E-state index contributed by atoms with van der Waals surface area (Å²) in [6.07, 6.45) is 2.15. The van der Waals surface area contributed by atoms with Gasteiger partial charge in [-0.3, -0.25) is 0 Å². The average molecular weight is 209 g/mol. The first kappa shape index (κ1) is 10.4. The predicted octanol–water partition coefficient (Wildman–Crippen LogP) is 2.03. The van der Waals surface area contributed by atoms with E-state index in [1.54, 1.807) is 6.07 Å². The molecule has 0 heterocycles. The van der Waals surface area contributed by atoms with Gasteiger partial charge in [0, 0.05) is 24.7 Å². The van der Waals surface area contributed by atoms with Crippen LogP contribution in [0, 0.1) is 11.2 Å². The molecule has 1 fully saturated rings. The summed E-state index contributed by atoms with van der Waals surface area (Å²) in [5.41, 5.74) is 0.941. The van der Waals surface area contributed by atoms with Gasteiger partial charge in [0.15, 0.2) is 0 Å². The number of nitrogens with zero attached hydrogens (tertiary/aromatic N) is 1. The van der Waals surface area contributed by atoms with Gasteiger partial charge < -0.3 is 10.0 Å². The Hall–Kier alpha value is -1.09. The van der Waals surface area contributed by atoms with Gasteiger partial charge >= 0.3 is 0 Å². The number of hydrogen-bond donors (Lipinski definition) is 1. The number of benzene rings is 1. The Morgan fingerprint density at radius 1 is 1.47 bits per heavy atom. The Morgan fingerprint density at radius 3 is 2.73 bits per heavy atom. The molecule has 2 rings (SSSR count). The molecule has 1 aromatic rings. The second kappa shape index (κ2) is 3.81. The van der Waals surface area contributed by atoms with Crippen molar-refractivity contribution in [3.63, 3.8) is 0 Å². The van der Waals surface area contributed by atoms with E-state index in [0.717, 1.165) is 25.1 Å². The molecule has 1 aliphatic rings. The zero-order valence-corrected chi connectivity index (χ0v) is 8.91. The highest BCUT2D eigenvalue weighted by Crippen LogP contribution is 2.45. The van der Waals surface area contributed by atoms with E-state index < -0.39 is 0 Å². The standard InChI is InChI=1S/C12H16FNO/c1-14(8-12(9-15)5-6-12)11-4-2-3-10(13)7-11/h2-4,7,15H,5-6,8-9H2,1H3. The van der Waals surface area contributed by atoms with Crippen LogP contribution in [0.15, 0.2) is 24.3 Å². The Morgan fingerprint density at radius 2 is 2.20 bits per heavy atom. The van der Waals surface area contributed by atoms with Crippen LogP contribution < -0.4 is 4.90 Å². The number of aliphatic hydroxyl groups excluding tert-OH is 1. The van der Waals surface area contributed by atoms with Crippen molar-refractivity contribution in [2.24, 2.45) is 5.41 Å². The summed E-state index contributed by atoms with van der Waals surface area (Å²) in [7, 11) is 1.94. The van der Waals surface area contributed by atoms with E-state index in [1.165, 1.54) is 12.1 Å². The Bertz CT molecular complexity index is 349. The van der Waals surface area contributed by atoms with Crippen molar-refractivity contribution in [1.82, 2.24) is 0 Å². The van der Waals surface area contributed by atoms with Crippen LogP contribution in [0.5, 0.6) is 0 Å². The Kier molecular flexibility index (Phi) is 2.65. The third-order valence-corrected chi connectivity index (χ3v) is 3.11. The molecule has 1 aliphatic carbocycles. The highest BCUT2D eigenvalue weighted by Gasteiger charge is 2.42. The second-order valence-corrected chi connectivity index (χ2v) is 4.49. The van der Waals surface area contributed by atoms with Crippen molar-refractivity contribution < 1.29 is 9.50 Å². The van der Waals surface area contributed by atoms with Crippen molar-refractivity contribution >= 4 is 5.69 Å². The highest BCUT2D eigenvalue weighted by molar-refractivity contribution is 5.46. The smallest absolute Gasteiger partial charge is 0.125 e. The van der Waals surface area contributed by atoms with E-state index in [0.29, 0.717) is 0 Å². The molecule has 1 N–H and O–H groups in total. The molecule has 0 saturated heterocycles. The van der Waals surface area contributed by atoms with Gasteiger partial charge in [0.05, 0.1) is 6.61 Å². The van der Waals surface area contributed by atoms with Crippen molar-refractivity contribution in [3.8, 4) is 0 Å². The van der Waals surface area contributed by atoms with Crippen molar-refractivity contribution in [2.75, 3.05) is 25.1 Å². The summed E-state index contributed by atoms with van der Waals surface area (Å²) in [6, 6.07) is 6.56. The first-order chi connectivity index (χ1) is 7.15. The molecule has 0 atom stereocenters. The lowest BCUT2D eigenvalue weighted by Gasteiger charge is -2.24. The molecular formula is C12H16FNO. The minimum atomic E-state index is -0.215. The van der Waals surface area contributed by atoms with Gasteiger partial charge in [-0.1, -0.05) is 6.07 Å². The molecule has 82 valence electrons. The van der Waals surface area contributed by atoms with Gasteiger partial charge in [0.1, 0.15) is 5.82 Å². The summed E-state index contributed by atoms with van der Waals surface area (Å²) in [5.74, 6) is -0.215. The predicted molar refractivity (Wildman–Crippen MR) is 58.4 cm³/mol. The summed E-state index contributed by atoms with van der Waals surface area (Å²) in [5, 5.41) is 9.21. The lowest BCUT2D eigenvalue weighted by atomic mass is 10.1. The minimum absolute atomic E-state index is 0.0705. The fraction of sp³-hybridized carbons (Fsp3) is 0.500. The molecular weight excluding hydrogens is 193 g/mol. The molecule has 0 aliphatic heterocycles. The number of halogens is 1. The molecule has 0 aromatic heterocycles. The monoisotopic (exact) mass is 209 g/mol. The molecule has 0 bridgehead atoms. The van der Waals surface area contributed by atoms with Crippen LogP contribution in [-0.4, -0.2) is 25.3 Å². The molecule has 0 amide bonds. The summed E-state index contributed by atoms with van der Waals surface area (Å²) in [4.78, 5) is 2.01. The maximum atomic E-state index is 13.0. The number of anilines is 1. The fourth-order valence-electron chi connectivity index (χ4n) is 1.85. The summed E-state index contributed by atoms with van der Waals surface area (Å²) < 4.78 is 13.0. The van der Waals surface area contributed by atoms with E-state index in [2.05, 4.69) is 0 Å². The fourth-order valence-corrected chi connectivity index (χ4v) is 1.85. The molecule has 0 spiro atoms. The van der Waals surface area contributed by atoms with E-state index in [4.69, 9.17) is 0 Å². The maximum absolute atomic E-state index is 13.0. The zero-order chi connectivity index (χ0) is 10.9. The molecule has 0 radical (unpaired) electrons. The van der Waals surface area contributed by atoms with Gasteiger partial charge in [0.25, 0.3) is 0 Å². The Balaban J connectivity index is 2.04. The van der Waals surface area contributed by atoms with Crippen molar-refractivity contribution in [1.29, 1.82) is 0 Å². The van der Waals surface area contributed by atoms with E-state index in [1.807, 2.05) is 18.0 Å². The first-order valence-electron chi connectivity index (χ1n) is 5.23. The second-order valence-electron chi connectivity index (χ2n) is 4.49. The van der Waals surface area contributed by atoms with Crippen molar-refractivity contribution in [2.45, 2.75) is 12.8 Å². The molecule has 1 aromatic carbocycles. The number of rotatable bonds is 4. The molecule has 15 heavy (non-hydrogen) atoms. The van der Waals surface area contributed by atoms with Gasteiger partial charge in [0.2, 0.25) is 0 Å². The van der Waals surface area contributed by atoms with Crippen LogP contribution >= 0.6 is 0 Å². The van der Waals surface area contributed by atoms with Crippen LogP contribution in [0.2, 0.25) is 0 Å². The zero-order valence-electron chi connectivity index (χ0n) is 8.91. The normalized spacial score (nSPS) is 17.5. The summed E-state index contributed by atoms with van der Waals surface area (Å²) in [6.45, 7) is 1.03. The average Bonchev–Trinajstić information content (AvgIpc) is 2.98. The van der Waals surface area contributed by atoms with Crippen LogP contribution in [0.4, 0.5) is 10.1 Å². The lowest BCUT2D eigenvalue weighted by Crippen LogP contribution is -2.28. The lowest BCUT2D eigenvalue weighted by molar-refractivity contribution is 0.215. The molecule has 1 saturated carbocycles. The number of aliphatic hydroxyl groups is 1. The van der Waals surface area contributed by atoms with Crippen LogP contribution in [-0.2, 0) is 0 Å². The quantitative estimate of drug-likeness (QED) is 0.820. The topological polar surface area (TPSA) is 23.5 Å². The van der Waals surface area contributed by atoms with Gasteiger partial charge in [-0.25, -0.2) is 4.39 Å². The van der Waals surface area contributed by atoms with Crippen molar-refractivity contribution in [3.05, 3.63) is 30.1 Å². The number of hydrogen-bond acceptors (Lipinski definition) is 2. The van der Waals surface area contributed by atoms with Crippen LogP contribution in [0.3, 0.4) is 0 Å².